The van der Waals surface area contributed by atoms with E-state index in [1.54, 1.807) is 0 Å². The van der Waals surface area contributed by atoms with E-state index in [9.17, 15) is 28.8 Å². The number of halogens is 4. The highest BCUT2D eigenvalue weighted by Gasteiger charge is 2.37. The normalized spacial score (nSPS) is 12.1. The first-order valence-electron chi connectivity index (χ1n) is 12.9. The third-order valence-corrected chi connectivity index (χ3v) is 7.69. The van der Waals surface area contributed by atoms with Crippen LogP contribution in [-0.2, 0) is 9.47 Å². The van der Waals surface area contributed by atoms with Crippen molar-refractivity contribution in [3.05, 3.63) is 132 Å². The van der Waals surface area contributed by atoms with E-state index in [-0.39, 0.29) is 49.1 Å². The van der Waals surface area contributed by atoms with Gasteiger partial charge in [0.2, 0.25) is 11.6 Å². The zero-order valence-electron chi connectivity index (χ0n) is 22.6. The van der Waals surface area contributed by atoms with Crippen LogP contribution in [0.25, 0.3) is 0 Å². The van der Waals surface area contributed by atoms with Gasteiger partial charge in [-0.05, 0) is 72.8 Å². The smallest absolute Gasteiger partial charge is 0.338 e. The number of hydrogen-bond acceptors (Lipinski definition) is 8. The average Bonchev–Trinajstić information content (AvgIpc) is 3.26. The monoisotopic (exact) mass is 683 g/mol. The number of fused-ring (bicyclic) bond motifs is 1. The lowest BCUT2D eigenvalue weighted by molar-refractivity contribution is 0.0472. The molecule has 0 fully saturated rings. The van der Waals surface area contributed by atoms with Gasteiger partial charge in [-0.15, -0.1) is 0 Å². The van der Waals surface area contributed by atoms with Crippen LogP contribution in [-0.4, -0.2) is 48.5 Å². The van der Waals surface area contributed by atoms with Gasteiger partial charge in [-0.1, -0.05) is 52.5 Å². The lowest BCUT2D eigenvalue weighted by atomic mass is 10.1. The van der Waals surface area contributed by atoms with Gasteiger partial charge in [0.05, 0.1) is 38.0 Å². The molecule has 1 aliphatic rings. The Morgan fingerprint density at radius 1 is 0.578 bits per heavy atom. The van der Waals surface area contributed by atoms with Crippen LogP contribution in [0, 0.1) is 0 Å². The Bertz CT molecular complexity index is 1940. The molecular weight excluding hydrogens is 668 g/mol. The number of ether oxygens (including phenoxy) is 2. The van der Waals surface area contributed by atoms with Crippen LogP contribution in [0.3, 0.4) is 0 Å². The van der Waals surface area contributed by atoms with Gasteiger partial charge in [0.15, 0.2) is 13.2 Å². The van der Waals surface area contributed by atoms with Crippen LogP contribution in [0.5, 0.6) is 0 Å². The summed E-state index contributed by atoms with van der Waals surface area (Å²) in [6, 6.07) is 17.8. The number of benzene rings is 4. The highest BCUT2D eigenvalue weighted by Crippen LogP contribution is 2.30. The van der Waals surface area contributed by atoms with Crippen molar-refractivity contribution in [2.75, 3.05) is 18.1 Å². The van der Waals surface area contributed by atoms with Gasteiger partial charge >= 0.3 is 11.9 Å². The first kappa shape index (κ1) is 31.9. The van der Waals surface area contributed by atoms with Gasteiger partial charge in [0.25, 0.3) is 11.8 Å². The molecule has 45 heavy (non-hydrogen) atoms. The van der Waals surface area contributed by atoms with Crippen molar-refractivity contribution in [1.82, 2.24) is 0 Å². The third kappa shape index (κ3) is 6.77. The Kier molecular flexibility index (Phi) is 9.36. The fraction of sp³-hybridized carbons (Fsp3) is 0.0625. The molecule has 0 spiro atoms. The molecular formula is C32H17Cl4NO8. The minimum Gasteiger partial charge on any atom is -0.454 e. The van der Waals surface area contributed by atoms with E-state index in [1.165, 1.54) is 78.9 Å². The number of carbonyl (C=O) groups excluding carboxylic acids is 6. The number of anilines is 1. The van der Waals surface area contributed by atoms with Gasteiger partial charge < -0.3 is 9.47 Å². The van der Waals surface area contributed by atoms with Crippen LogP contribution in [0.15, 0.2) is 78.9 Å². The molecule has 2 amide bonds. The second-order valence-electron chi connectivity index (χ2n) is 9.50. The van der Waals surface area contributed by atoms with E-state index in [4.69, 9.17) is 55.9 Å². The molecule has 4 aromatic carbocycles. The summed E-state index contributed by atoms with van der Waals surface area (Å²) < 4.78 is 10.2. The lowest BCUT2D eigenvalue weighted by Crippen LogP contribution is -2.29. The van der Waals surface area contributed by atoms with E-state index in [1.807, 2.05) is 0 Å². The SMILES string of the molecule is O=C(OCC(=O)c1ccc(Cl)cc1Cl)c1cccc(N2C(=O)c3ccc(C(=O)OCC(=O)c4ccc(Cl)cc4Cl)cc3C2=O)c1. The number of rotatable bonds is 9. The van der Waals surface area contributed by atoms with E-state index in [0.29, 0.717) is 10.0 Å². The van der Waals surface area contributed by atoms with Crippen molar-refractivity contribution in [2.24, 2.45) is 0 Å². The van der Waals surface area contributed by atoms with E-state index >= 15 is 0 Å². The molecule has 0 saturated carbocycles. The van der Waals surface area contributed by atoms with Crippen LogP contribution >= 0.6 is 46.4 Å². The zero-order chi connectivity index (χ0) is 32.4. The summed E-state index contributed by atoms with van der Waals surface area (Å²) >= 11 is 23.8. The molecule has 1 heterocycles. The second kappa shape index (κ2) is 13.2. The van der Waals surface area contributed by atoms with E-state index < -0.39 is 48.5 Å². The largest absolute Gasteiger partial charge is 0.454 e. The minimum absolute atomic E-state index is 0.0130. The first-order valence-corrected chi connectivity index (χ1v) is 14.4. The summed E-state index contributed by atoms with van der Waals surface area (Å²) in [7, 11) is 0. The summed E-state index contributed by atoms with van der Waals surface area (Å²) in [6.07, 6.45) is 0. The summed E-state index contributed by atoms with van der Waals surface area (Å²) in [5.74, 6) is -4.37. The maximum Gasteiger partial charge on any atom is 0.338 e. The van der Waals surface area contributed by atoms with Crippen LogP contribution in [0.2, 0.25) is 20.1 Å². The highest BCUT2D eigenvalue weighted by molar-refractivity contribution is 6.38. The van der Waals surface area contributed by atoms with Crippen LogP contribution in [0.1, 0.15) is 62.1 Å². The Morgan fingerprint density at radius 3 is 1.62 bits per heavy atom. The topological polar surface area (TPSA) is 124 Å². The Balaban J connectivity index is 1.26. The summed E-state index contributed by atoms with van der Waals surface area (Å²) in [5, 5.41) is 0.865. The van der Waals surface area contributed by atoms with Gasteiger partial charge in [-0.25, -0.2) is 14.5 Å². The first-order chi connectivity index (χ1) is 21.4. The van der Waals surface area contributed by atoms with Crippen molar-refractivity contribution in [3.63, 3.8) is 0 Å². The minimum atomic E-state index is -0.908. The molecule has 9 nitrogen and oxygen atoms in total. The maximum atomic E-state index is 13.3. The molecule has 13 heteroatoms. The number of ketones is 2. The summed E-state index contributed by atoms with van der Waals surface area (Å²) in [5.41, 5.74) is 0.108. The molecule has 0 atom stereocenters. The molecule has 0 N–H and O–H groups in total. The molecule has 226 valence electrons. The number of carbonyl (C=O) groups is 6. The van der Waals surface area contributed by atoms with Crippen molar-refractivity contribution in [3.8, 4) is 0 Å². The Hall–Kier alpha value is -4.54. The number of imide groups is 1. The standard InChI is InChI=1S/C32H17Cl4NO8/c33-18-5-8-22(25(35)12-18)27(38)14-44-31(42)16-2-1-3-20(10-16)37-29(40)21-7-4-17(11-24(21)30(37)41)32(43)45-15-28(39)23-9-6-19(34)13-26(23)36/h1-13H,14-15H2. The van der Waals surface area contributed by atoms with Crippen LogP contribution in [0.4, 0.5) is 5.69 Å². The summed E-state index contributed by atoms with van der Waals surface area (Å²) in [4.78, 5) is 77.6. The number of amides is 2. The van der Waals surface area contributed by atoms with E-state index in [2.05, 4.69) is 0 Å². The molecule has 4 aromatic rings. The molecule has 0 aliphatic carbocycles. The average molecular weight is 685 g/mol. The fourth-order valence-corrected chi connectivity index (χ4v) is 5.42. The third-order valence-electron chi connectivity index (χ3n) is 6.59. The molecule has 0 aromatic heterocycles. The van der Waals surface area contributed by atoms with Gasteiger partial charge in [0, 0.05) is 21.2 Å². The molecule has 0 unspecified atom stereocenters. The number of hydrogen-bond donors (Lipinski definition) is 0. The molecule has 1 aliphatic heterocycles. The van der Waals surface area contributed by atoms with Crippen molar-refractivity contribution in [1.29, 1.82) is 0 Å². The second-order valence-corrected chi connectivity index (χ2v) is 11.2. The number of esters is 2. The quantitative estimate of drug-likeness (QED) is 0.103. The maximum absolute atomic E-state index is 13.3. The highest BCUT2D eigenvalue weighted by atomic mass is 35.5. The predicted molar refractivity (Wildman–Crippen MR) is 166 cm³/mol. The Morgan fingerprint density at radius 2 is 1.09 bits per heavy atom. The van der Waals surface area contributed by atoms with Crippen LogP contribution < -0.4 is 4.90 Å². The molecule has 5 rings (SSSR count). The lowest BCUT2D eigenvalue weighted by Gasteiger charge is -2.15. The van der Waals surface area contributed by atoms with Gasteiger partial charge in [-0.2, -0.15) is 0 Å². The van der Waals surface area contributed by atoms with Crippen molar-refractivity contribution >= 4 is 87.4 Å². The molecule has 0 saturated heterocycles. The summed E-state index contributed by atoms with van der Waals surface area (Å²) in [6.45, 7) is -1.24. The Labute approximate surface area is 275 Å². The van der Waals surface area contributed by atoms with Crippen molar-refractivity contribution < 1.29 is 38.2 Å². The van der Waals surface area contributed by atoms with Crippen molar-refractivity contribution in [2.45, 2.75) is 0 Å². The molecule has 0 bridgehead atoms. The predicted octanol–water partition coefficient (Wildman–Crippen LogP) is 7.18. The zero-order valence-corrected chi connectivity index (χ0v) is 25.7. The van der Waals surface area contributed by atoms with E-state index in [0.717, 1.165) is 4.90 Å². The van der Waals surface area contributed by atoms with Gasteiger partial charge in [0.1, 0.15) is 0 Å². The number of Topliss-reactive ketones (excluding diaryl/α,β-unsaturated/α-hetero) is 2. The number of nitrogens with zero attached hydrogens (tertiary/aromatic N) is 1. The van der Waals surface area contributed by atoms with Gasteiger partial charge in [-0.3, -0.25) is 19.2 Å². The molecule has 0 radical (unpaired) electrons. The fourth-order valence-electron chi connectivity index (χ4n) is 4.39.